The molecule has 52 heavy (non-hydrogen) atoms. The fourth-order valence-electron chi connectivity index (χ4n) is 8.82. The van der Waals surface area contributed by atoms with Crippen molar-refractivity contribution in [2.75, 3.05) is 0 Å². The Balaban J connectivity index is 1.37. The van der Waals surface area contributed by atoms with Crippen LogP contribution >= 0.6 is 0 Å². The predicted octanol–water partition coefficient (Wildman–Crippen LogP) is 14.4. The van der Waals surface area contributed by atoms with Gasteiger partial charge in [-0.15, -0.1) is 0 Å². The van der Waals surface area contributed by atoms with Crippen LogP contribution < -0.4 is 0 Å². The molecular formula is C52H36. The topological polar surface area (TPSA) is 0 Å². The summed E-state index contributed by atoms with van der Waals surface area (Å²) in [6.45, 7) is 8.17. The van der Waals surface area contributed by atoms with E-state index >= 15 is 0 Å². The van der Waals surface area contributed by atoms with Crippen LogP contribution in [0.1, 0.15) is 17.5 Å². The molecule has 0 bridgehead atoms. The molecule has 8 aromatic rings. The number of rotatable bonds is 6. The van der Waals surface area contributed by atoms with Crippen LogP contribution in [0.5, 0.6) is 0 Å². The molecule has 10 rings (SSSR count). The fraction of sp³-hybridized carbons (Fsp3) is 0.0385. The van der Waals surface area contributed by atoms with Gasteiger partial charge in [0.05, 0.1) is 0 Å². The highest BCUT2D eigenvalue weighted by molar-refractivity contribution is 6.29. The Morgan fingerprint density at radius 1 is 0.596 bits per heavy atom. The third-order valence-electron chi connectivity index (χ3n) is 11.2. The second-order valence-electron chi connectivity index (χ2n) is 14.1. The highest BCUT2D eigenvalue weighted by atomic mass is 14.3. The minimum atomic E-state index is 0.422. The molecule has 8 aromatic carbocycles. The Kier molecular flexibility index (Phi) is 7.05. The third-order valence-corrected chi connectivity index (χ3v) is 11.2. The van der Waals surface area contributed by atoms with E-state index in [0.717, 1.165) is 17.6 Å². The zero-order valence-corrected chi connectivity index (χ0v) is 28.9. The van der Waals surface area contributed by atoms with Gasteiger partial charge in [0.1, 0.15) is 0 Å². The molecule has 0 heteroatoms. The summed E-state index contributed by atoms with van der Waals surface area (Å²) < 4.78 is 0. The molecular weight excluding hydrogens is 625 g/mol. The molecule has 0 aliphatic heterocycles. The van der Waals surface area contributed by atoms with Crippen molar-refractivity contribution in [3.8, 4) is 22.3 Å². The fourth-order valence-corrected chi connectivity index (χ4v) is 8.82. The molecule has 1 atom stereocenters. The van der Waals surface area contributed by atoms with E-state index in [0.29, 0.717) is 5.92 Å². The minimum absolute atomic E-state index is 0.422. The zero-order chi connectivity index (χ0) is 34.8. The quantitative estimate of drug-likeness (QED) is 0.0946. The Hall–Kier alpha value is -6.50. The summed E-state index contributed by atoms with van der Waals surface area (Å²) >= 11 is 0. The lowest BCUT2D eigenvalue weighted by Crippen LogP contribution is -2.06. The van der Waals surface area contributed by atoms with Crippen LogP contribution in [-0.4, -0.2) is 0 Å². The molecule has 0 nitrogen and oxygen atoms in total. The van der Waals surface area contributed by atoms with Gasteiger partial charge < -0.3 is 0 Å². The molecule has 0 N–H and O–H groups in total. The van der Waals surface area contributed by atoms with Crippen molar-refractivity contribution in [2.45, 2.75) is 6.42 Å². The Bertz CT molecular complexity index is 2920. The maximum absolute atomic E-state index is 4.17. The van der Waals surface area contributed by atoms with Gasteiger partial charge in [-0.3, -0.25) is 0 Å². The van der Waals surface area contributed by atoms with Crippen molar-refractivity contribution in [2.24, 2.45) is 5.92 Å². The van der Waals surface area contributed by atoms with Crippen LogP contribution in [0.2, 0.25) is 0 Å². The van der Waals surface area contributed by atoms with Gasteiger partial charge in [-0.25, -0.2) is 0 Å². The summed E-state index contributed by atoms with van der Waals surface area (Å²) in [5.41, 5.74) is 11.1. The molecule has 0 heterocycles. The van der Waals surface area contributed by atoms with E-state index in [9.17, 15) is 0 Å². The molecule has 0 amide bonds. The van der Waals surface area contributed by atoms with Gasteiger partial charge in [0.2, 0.25) is 0 Å². The average molecular weight is 661 g/mol. The first-order valence-corrected chi connectivity index (χ1v) is 18.2. The van der Waals surface area contributed by atoms with E-state index in [4.69, 9.17) is 0 Å². The summed E-state index contributed by atoms with van der Waals surface area (Å²) in [6.07, 6.45) is 20.6. The maximum atomic E-state index is 4.17. The minimum Gasteiger partial charge on any atom is -0.0990 e. The number of fused-ring (bicyclic) bond motifs is 3. The van der Waals surface area contributed by atoms with Crippen LogP contribution in [0.25, 0.3) is 87.3 Å². The van der Waals surface area contributed by atoms with Crippen molar-refractivity contribution in [1.29, 1.82) is 0 Å². The average Bonchev–Trinajstić information content (AvgIpc) is 3.21. The summed E-state index contributed by atoms with van der Waals surface area (Å²) in [6, 6.07) is 45.4. The van der Waals surface area contributed by atoms with Crippen LogP contribution in [-0.2, 0) is 0 Å². The highest BCUT2D eigenvalue weighted by Gasteiger charge is 2.24. The standard InChI is InChI=1S/C52H36/c1-3-11-33(4-2)40-24-29-46-47(31-40)50(42-21-18-35-14-8-9-15-39(35)30-42)45-28-25-41(34-12-6-5-7-13-34)32-48(45)52(46)44-27-23-38-20-19-36-16-10-17-37-22-26-43(44)51(38)49(36)37/h3-17,19-32,35H,1-2,18H2/b33-11+. The Morgan fingerprint density at radius 3 is 2.15 bits per heavy atom. The smallest absolute Gasteiger partial charge is 0.00561 e. The summed E-state index contributed by atoms with van der Waals surface area (Å²) in [5, 5.41) is 12.8. The molecule has 0 radical (unpaired) electrons. The van der Waals surface area contributed by atoms with Crippen molar-refractivity contribution in [3.63, 3.8) is 0 Å². The molecule has 0 fully saturated rings. The van der Waals surface area contributed by atoms with Gasteiger partial charge in [-0.1, -0.05) is 177 Å². The van der Waals surface area contributed by atoms with Gasteiger partial charge in [0.15, 0.2) is 0 Å². The van der Waals surface area contributed by atoms with E-state index in [1.807, 2.05) is 12.2 Å². The first kappa shape index (κ1) is 30.3. The van der Waals surface area contributed by atoms with E-state index in [1.165, 1.54) is 92.8 Å². The predicted molar refractivity (Wildman–Crippen MR) is 227 cm³/mol. The maximum Gasteiger partial charge on any atom is 0.00561 e. The van der Waals surface area contributed by atoms with Crippen molar-refractivity contribution < 1.29 is 0 Å². The monoisotopic (exact) mass is 660 g/mol. The zero-order valence-electron chi connectivity index (χ0n) is 28.9. The van der Waals surface area contributed by atoms with E-state index in [-0.39, 0.29) is 0 Å². The van der Waals surface area contributed by atoms with Gasteiger partial charge >= 0.3 is 0 Å². The third kappa shape index (κ3) is 4.69. The second-order valence-corrected chi connectivity index (χ2v) is 14.1. The lowest BCUT2D eigenvalue weighted by molar-refractivity contribution is 0.783. The normalized spacial score (nSPS) is 15.8. The SMILES string of the molecule is C=C/C=C(\C=C)c1ccc2c(-c3ccc4ccc5cccc6ccc3c4c56)c3cc(-c4ccccc4)ccc3c(C3=CCC4C=CC=CC4=C3)c2c1. The lowest BCUT2D eigenvalue weighted by Gasteiger charge is -2.25. The largest absolute Gasteiger partial charge is 0.0990 e. The van der Waals surface area contributed by atoms with Crippen LogP contribution in [0.15, 0.2) is 195 Å². The van der Waals surface area contributed by atoms with Crippen molar-refractivity contribution in [1.82, 2.24) is 0 Å². The van der Waals surface area contributed by atoms with Gasteiger partial charge in [-0.05, 0) is 123 Å². The summed E-state index contributed by atoms with van der Waals surface area (Å²) in [5.74, 6) is 0.422. The van der Waals surface area contributed by atoms with Crippen molar-refractivity contribution >= 4 is 65.0 Å². The highest BCUT2D eigenvalue weighted by Crippen LogP contribution is 2.48. The van der Waals surface area contributed by atoms with Crippen LogP contribution in [0, 0.1) is 5.92 Å². The summed E-state index contributed by atoms with van der Waals surface area (Å²) in [4.78, 5) is 0. The van der Waals surface area contributed by atoms with E-state index in [1.54, 1.807) is 0 Å². The Labute approximate surface area is 304 Å². The first-order chi connectivity index (χ1) is 25.7. The van der Waals surface area contributed by atoms with Gasteiger partial charge in [0, 0.05) is 5.92 Å². The van der Waals surface area contributed by atoms with Crippen molar-refractivity contribution in [3.05, 3.63) is 206 Å². The molecule has 0 spiro atoms. The molecule has 0 saturated heterocycles. The molecule has 244 valence electrons. The van der Waals surface area contributed by atoms with Crippen LogP contribution in [0.3, 0.4) is 0 Å². The molecule has 0 saturated carbocycles. The van der Waals surface area contributed by atoms with Gasteiger partial charge in [0.25, 0.3) is 0 Å². The van der Waals surface area contributed by atoms with Crippen LogP contribution in [0.4, 0.5) is 0 Å². The number of allylic oxidation sites excluding steroid dienone is 12. The van der Waals surface area contributed by atoms with E-state index in [2.05, 4.69) is 177 Å². The molecule has 0 aromatic heterocycles. The number of benzene rings is 8. The molecule has 1 unspecified atom stereocenters. The first-order valence-electron chi connectivity index (χ1n) is 18.2. The summed E-state index contributed by atoms with van der Waals surface area (Å²) in [7, 11) is 0. The second kappa shape index (κ2) is 12.1. The molecule has 2 aliphatic carbocycles. The lowest BCUT2D eigenvalue weighted by atomic mass is 9.79. The van der Waals surface area contributed by atoms with E-state index < -0.39 is 0 Å². The molecule has 2 aliphatic rings. The van der Waals surface area contributed by atoms with Gasteiger partial charge in [-0.2, -0.15) is 0 Å². The Morgan fingerprint density at radius 2 is 1.33 bits per heavy atom. The number of hydrogen-bond donors (Lipinski definition) is 0. The number of hydrogen-bond acceptors (Lipinski definition) is 0.